The maximum absolute atomic E-state index is 11.6. The van der Waals surface area contributed by atoms with Crippen LogP contribution in [-0.4, -0.2) is 50.2 Å². The van der Waals surface area contributed by atoms with Crippen molar-refractivity contribution < 1.29 is 9.59 Å². The van der Waals surface area contributed by atoms with Crippen molar-refractivity contribution in [3.63, 3.8) is 0 Å². The molecule has 0 amide bonds. The summed E-state index contributed by atoms with van der Waals surface area (Å²) in [5.74, 6) is -0.523. The van der Waals surface area contributed by atoms with Crippen LogP contribution in [0.15, 0.2) is 36.2 Å². The molecule has 0 bridgehead atoms. The van der Waals surface area contributed by atoms with Crippen LogP contribution in [-0.2, 0) is 9.59 Å². The van der Waals surface area contributed by atoms with Crippen LogP contribution in [0.4, 0.5) is 0 Å². The first-order chi connectivity index (χ1) is 26.9. The third-order valence-electron chi connectivity index (χ3n) is 10.9. The molecule has 0 aromatic rings. The summed E-state index contributed by atoms with van der Waals surface area (Å²) < 4.78 is 0. The minimum atomic E-state index is -0.523. The van der Waals surface area contributed by atoms with E-state index in [1.54, 1.807) is 13.2 Å². The molecule has 0 saturated heterocycles. The molecule has 0 saturated carbocycles. The van der Waals surface area contributed by atoms with Crippen LogP contribution in [0.3, 0.4) is 0 Å². The smallest absolute Gasteiger partial charge is 0.242 e. The first-order valence-electron chi connectivity index (χ1n) is 24.1. The average molecular weight is 772 g/mol. The molecular weight excluding hydrogens is 675 g/mol. The van der Waals surface area contributed by atoms with Crippen LogP contribution in [0.2, 0.25) is 0 Å². The number of likely N-dealkylation sites (N-methyl/N-ethyl adjacent to an activating group) is 1. The fourth-order valence-electron chi connectivity index (χ4n) is 7.14. The van der Waals surface area contributed by atoms with Crippen LogP contribution < -0.4 is 10.6 Å². The summed E-state index contributed by atoms with van der Waals surface area (Å²) in [5.41, 5.74) is 3.22. The van der Waals surface area contributed by atoms with E-state index in [4.69, 9.17) is 0 Å². The Kier molecular flexibility index (Phi) is 46.7. The molecule has 324 valence electrons. The Morgan fingerprint density at radius 3 is 1.16 bits per heavy atom. The molecule has 0 atom stereocenters. The number of aldehydes is 1. The fraction of sp³-hybridized carbons (Fsp3) is 0.840. The topological polar surface area (TPSA) is 61.4 Å². The summed E-state index contributed by atoms with van der Waals surface area (Å²) in [4.78, 5) is 25.0. The van der Waals surface area contributed by atoms with E-state index < -0.39 is 5.78 Å². The normalized spacial score (nSPS) is 11.3. The summed E-state index contributed by atoms with van der Waals surface area (Å²) in [6.45, 7) is 21.9. The molecular formula is C50H97N3O2. The Labute approximate surface area is 345 Å². The van der Waals surface area contributed by atoms with Crippen molar-refractivity contribution in [1.82, 2.24) is 15.5 Å². The molecule has 0 aliphatic heterocycles. The van der Waals surface area contributed by atoms with Crippen LogP contribution in [0, 0.1) is 0 Å². The summed E-state index contributed by atoms with van der Waals surface area (Å²) in [7, 11) is 1.66. The molecule has 5 heteroatoms. The van der Waals surface area contributed by atoms with Crippen LogP contribution in [0.5, 0.6) is 0 Å². The fourth-order valence-corrected chi connectivity index (χ4v) is 7.14. The minimum absolute atomic E-state index is 0.312. The van der Waals surface area contributed by atoms with E-state index >= 15 is 0 Å². The second-order valence-electron chi connectivity index (χ2n) is 16.4. The zero-order valence-electron chi connectivity index (χ0n) is 38.0. The van der Waals surface area contributed by atoms with Gasteiger partial charge in [0.2, 0.25) is 5.78 Å². The van der Waals surface area contributed by atoms with Gasteiger partial charge in [-0.05, 0) is 90.3 Å². The summed E-state index contributed by atoms with van der Waals surface area (Å²) >= 11 is 0. The van der Waals surface area contributed by atoms with Gasteiger partial charge in [-0.3, -0.25) is 9.59 Å². The second kappa shape index (κ2) is 46.5. The number of rotatable bonds is 43. The number of allylic oxidation sites excluding steroid dienone is 3. The SMILES string of the molecule is C=C(CCCCCC)CCCCCCCCCCN(CCCCC(=C)CCCCCCCCCC)CCCN/C=C(\NC)C(=O)C=O.CCCCCCCC. The third-order valence-corrected chi connectivity index (χ3v) is 10.9. The summed E-state index contributed by atoms with van der Waals surface area (Å²) in [6.07, 6.45) is 45.9. The van der Waals surface area contributed by atoms with Crippen LogP contribution in [0.1, 0.15) is 240 Å². The van der Waals surface area contributed by atoms with Crippen molar-refractivity contribution in [2.24, 2.45) is 0 Å². The first kappa shape index (κ1) is 55.2. The number of unbranched alkanes of at least 4 members (excludes halogenated alkanes) is 23. The first-order valence-corrected chi connectivity index (χ1v) is 24.1. The molecule has 0 aromatic carbocycles. The van der Waals surface area contributed by atoms with Crippen molar-refractivity contribution in [3.05, 3.63) is 36.2 Å². The molecule has 5 nitrogen and oxygen atoms in total. The van der Waals surface area contributed by atoms with Gasteiger partial charge < -0.3 is 15.5 Å². The molecule has 0 radical (unpaired) electrons. The highest BCUT2D eigenvalue weighted by molar-refractivity contribution is 6.32. The molecule has 0 heterocycles. The minimum Gasteiger partial charge on any atom is -0.389 e. The Bertz CT molecular complexity index is 876. The van der Waals surface area contributed by atoms with Crippen molar-refractivity contribution >= 4 is 12.1 Å². The van der Waals surface area contributed by atoms with Crippen LogP contribution >= 0.6 is 0 Å². The summed E-state index contributed by atoms with van der Waals surface area (Å²) in [5, 5.41) is 6.00. The van der Waals surface area contributed by atoms with E-state index in [1.165, 1.54) is 223 Å². The van der Waals surface area contributed by atoms with Gasteiger partial charge in [0.25, 0.3) is 0 Å². The van der Waals surface area contributed by atoms with Gasteiger partial charge in [0, 0.05) is 19.8 Å². The van der Waals surface area contributed by atoms with Gasteiger partial charge in [-0.25, -0.2) is 0 Å². The lowest BCUT2D eigenvalue weighted by Crippen LogP contribution is -2.29. The Hall–Kier alpha value is -1.88. The van der Waals surface area contributed by atoms with Crippen LogP contribution in [0.25, 0.3) is 0 Å². The van der Waals surface area contributed by atoms with Gasteiger partial charge in [-0.1, -0.05) is 193 Å². The molecule has 55 heavy (non-hydrogen) atoms. The maximum Gasteiger partial charge on any atom is 0.242 e. The van der Waals surface area contributed by atoms with E-state index in [0.29, 0.717) is 12.0 Å². The molecule has 2 N–H and O–H groups in total. The number of nitrogens with one attached hydrogen (secondary N) is 2. The molecule has 0 aliphatic rings. The Balaban J connectivity index is 0. The molecule has 0 aromatic heterocycles. The second-order valence-corrected chi connectivity index (χ2v) is 16.4. The predicted octanol–water partition coefficient (Wildman–Crippen LogP) is 14.8. The van der Waals surface area contributed by atoms with Crippen molar-refractivity contribution in [2.75, 3.05) is 33.2 Å². The number of hydrogen-bond acceptors (Lipinski definition) is 5. The number of carbonyl (C=O) groups excluding carboxylic acids is 2. The standard InChI is InChI=1S/C42H79N3O2.C8H18/c1-6-8-10-12-13-16-19-24-31-40(4)32-25-27-35-45(36-28-33-44-37-41(43-5)42(47)38-46)34-26-21-18-15-14-17-20-23-30-39(3)29-22-11-9-7-2;1-3-5-7-8-6-4-2/h37-38,43-44H,3-4,6-36H2,1-2,5H3;3-8H2,1-2H3/b41-37-;. The predicted molar refractivity (Wildman–Crippen MR) is 246 cm³/mol. The van der Waals surface area contributed by atoms with Crippen molar-refractivity contribution in [1.29, 1.82) is 0 Å². The number of nitrogens with zero attached hydrogens (tertiary/aromatic N) is 1. The van der Waals surface area contributed by atoms with Gasteiger partial charge in [-0.15, -0.1) is 0 Å². The molecule has 0 unspecified atom stereocenters. The number of ketones is 1. The van der Waals surface area contributed by atoms with E-state index in [0.717, 1.165) is 26.1 Å². The van der Waals surface area contributed by atoms with E-state index in [-0.39, 0.29) is 0 Å². The average Bonchev–Trinajstić information content (AvgIpc) is 3.19. The molecule has 0 spiro atoms. The van der Waals surface area contributed by atoms with E-state index in [9.17, 15) is 9.59 Å². The number of hydrogen-bond donors (Lipinski definition) is 2. The summed E-state index contributed by atoms with van der Waals surface area (Å²) in [6, 6.07) is 0. The Morgan fingerprint density at radius 2 is 0.782 bits per heavy atom. The highest BCUT2D eigenvalue weighted by Crippen LogP contribution is 2.18. The lowest BCUT2D eigenvalue weighted by Gasteiger charge is -2.22. The highest BCUT2D eigenvalue weighted by atomic mass is 16.2. The van der Waals surface area contributed by atoms with Gasteiger partial charge in [-0.2, -0.15) is 0 Å². The van der Waals surface area contributed by atoms with Gasteiger partial charge >= 0.3 is 0 Å². The van der Waals surface area contributed by atoms with E-state index in [2.05, 4.69) is 56.4 Å². The monoisotopic (exact) mass is 772 g/mol. The van der Waals surface area contributed by atoms with Crippen molar-refractivity contribution in [3.8, 4) is 0 Å². The zero-order valence-corrected chi connectivity index (χ0v) is 38.0. The maximum atomic E-state index is 11.6. The lowest BCUT2D eigenvalue weighted by molar-refractivity contribution is -0.127. The Morgan fingerprint density at radius 1 is 0.473 bits per heavy atom. The van der Waals surface area contributed by atoms with E-state index in [1.807, 2.05) is 0 Å². The lowest BCUT2D eigenvalue weighted by atomic mass is 10.0. The number of carbonyl (C=O) groups is 2. The van der Waals surface area contributed by atoms with Gasteiger partial charge in [0.15, 0.2) is 6.29 Å². The van der Waals surface area contributed by atoms with Gasteiger partial charge in [0.05, 0.1) is 0 Å². The number of Topliss-reactive ketones (excluding diaryl/α,β-unsaturated/α-hetero) is 1. The van der Waals surface area contributed by atoms with Gasteiger partial charge in [0.1, 0.15) is 5.70 Å². The largest absolute Gasteiger partial charge is 0.389 e. The molecule has 0 aliphatic carbocycles. The zero-order chi connectivity index (χ0) is 40.9. The third kappa shape index (κ3) is 43.1. The molecule has 0 rings (SSSR count). The van der Waals surface area contributed by atoms with Crippen molar-refractivity contribution in [2.45, 2.75) is 240 Å². The highest BCUT2D eigenvalue weighted by Gasteiger charge is 2.07. The quantitative estimate of drug-likeness (QED) is 0.0213. The molecule has 0 fully saturated rings.